The van der Waals surface area contributed by atoms with E-state index in [4.69, 9.17) is 10.5 Å². The molecule has 0 aromatic carbocycles. The van der Waals surface area contributed by atoms with E-state index in [1.54, 1.807) is 0 Å². The van der Waals surface area contributed by atoms with Crippen LogP contribution in [0.4, 0.5) is 4.11 Å². The lowest BCUT2D eigenvalue weighted by atomic mass is 10.0. The molecular formula is C9H15FN2Si. The van der Waals surface area contributed by atoms with E-state index < -0.39 is 13.4 Å². The maximum atomic E-state index is 13.7. The number of rotatable bonds is 4. The summed E-state index contributed by atoms with van der Waals surface area (Å²) < 4.78 is 13.7. The van der Waals surface area contributed by atoms with Crippen molar-refractivity contribution in [1.82, 2.24) is 0 Å². The SMILES string of the molecule is CCCCC(C#N)(C#N)[Si](C)(C)F. The van der Waals surface area contributed by atoms with Gasteiger partial charge in [0.25, 0.3) is 8.41 Å². The minimum Gasteiger partial charge on any atom is -0.312 e. The molecule has 0 bridgehead atoms. The summed E-state index contributed by atoms with van der Waals surface area (Å²) in [4.78, 5) is 0. The summed E-state index contributed by atoms with van der Waals surface area (Å²) in [5.41, 5.74) is 0. The van der Waals surface area contributed by atoms with Gasteiger partial charge in [-0.05, 0) is 19.5 Å². The zero-order valence-corrected chi connectivity index (χ0v) is 9.39. The summed E-state index contributed by atoms with van der Waals surface area (Å²) in [6.07, 6.45) is 1.99. The van der Waals surface area contributed by atoms with Gasteiger partial charge in [-0.25, -0.2) is 0 Å². The van der Waals surface area contributed by atoms with Crippen LogP contribution in [0.25, 0.3) is 0 Å². The van der Waals surface area contributed by atoms with E-state index in [0.717, 1.165) is 12.8 Å². The summed E-state index contributed by atoms with van der Waals surface area (Å²) in [6.45, 7) is 4.82. The van der Waals surface area contributed by atoms with Crippen molar-refractivity contribution in [1.29, 1.82) is 10.5 Å². The molecule has 0 radical (unpaired) electrons. The molecule has 0 aliphatic rings. The third-order valence-corrected chi connectivity index (χ3v) is 4.81. The Morgan fingerprint density at radius 2 is 1.77 bits per heavy atom. The summed E-state index contributed by atoms with van der Waals surface area (Å²) >= 11 is 0. The quantitative estimate of drug-likeness (QED) is 0.514. The van der Waals surface area contributed by atoms with Crippen LogP contribution in [-0.2, 0) is 0 Å². The van der Waals surface area contributed by atoms with Crippen molar-refractivity contribution >= 4 is 8.41 Å². The predicted molar refractivity (Wildman–Crippen MR) is 52.0 cm³/mol. The number of halogens is 1. The Hall–Kier alpha value is -0.873. The Labute approximate surface area is 80.2 Å². The largest absolute Gasteiger partial charge is 0.312 e. The Morgan fingerprint density at radius 1 is 1.31 bits per heavy atom. The molecule has 0 aliphatic heterocycles. The average molecular weight is 198 g/mol. The second kappa shape index (κ2) is 4.39. The lowest BCUT2D eigenvalue weighted by molar-refractivity contribution is 0.607. The maximum absolute atomic E-state index is 13.7. The molecule has 0 rings (SSSR count). The van der Waals surface area contributed by atoms with Crippen molar-refractivity contribution in [2.24, 2.45) is 0 Å². The average Bonchev–Trinajstić information content (AvgIpc) is 2.05. The van der Waals surface area contributed by atoms with Gasteiger partial charge in [-0.3, -0.25) is 0 Å². The monoisotopic (exact) mass is 198 g/mol. The summed E-state index contributed by atoms with van der Waals surface area (Å²) in [6, 6.07) is 3.73. The van der Waals surface area contributed by atoms with Gasteiger partial charge in [-0.2, -0.15) is 10.5 Å². The third-order valence-electron chi connectivity index (χ3n) is 2.30. The number of hydrogen-bond acceptors (Lipinski definition) is 2. The van der Waals surface area contributed by atoms with Crippen LogP contribution in [0.1, 0.15) is 26.2 Å². The molecule has 0 aromatic heterocycles. The van der Waals surface area contributed by atoms with E-state index in [9.17, 15) is 4.11 Å². The van der Waals surface area contributed by atoms with Gasteiger partial charge in [0.05, 0.1) is 12.1 Å². The van der Waals surface area contributed by atoms with Gasteiger partial charge >= 0.3 is 0 Å². The van der Waals surface area contributed by atoms with E-state index in [1.165, 1.54) is 13.1 Å². The molecule has 0 heterocycles. The van der Waals surface area contributed by atoms with Crippen molar-refractivity contribution in [2.75, 3.05) is 0 Å². The van der Waals surface area contributed by atoms with Crippen molar-refractivity contribution in [3.05, 3.63) is 0 Å². The van der Waals surface area contributed by atoms with Crippen LogP contribution in [0.5, 0.6) is 0 Å². The summed E-state index contributed by atoms with van der Waals surface area (Å²) in [7, 11) is -3.20. The first-order valence-electron chi connectivity index (χ1n) is 4.45. The summed E-state index contributed by atoms with van der Waals surface area (Å²) in [5, 5.41) is 16.4. The third kappa shape index (κ3) is 2.53. The van der Waals surface area contributed by atoms with E-state index >= 15 is 0 Å². The fourth-order valence-electron chi connectivity index (χ4n) is 1.14. The maximum Gasteiger partial charge on any atom is 0.275 e. The smallest absolute Gasteiger partial charge is 0.275 e. The topological polar surface area (TPSA) is 47.6 Å². The first kappa shape index (κ1) is 12.1. The number of nitriles is 2. The Bertz CT molecular complexity index is 230. The second-order valence-corrected chi connectivity index (χ2v) is 7.50. The van der Waals surface area contributed by atoms with Crippen LogP contribution >= 0.6 is 0 Å². The molecule has 72 valence electrons. The molecule has 0 N–H and O–H groups in total. The van der Waals surface area contributed by atoms with E-state index in [0.29, 0.717) is 6.42 Å². The minimum atomic E-state index is -3.20. The minimum absolute atomic E-state index is 0.367. The van der Waals surface area contributed by atoms with Crippen molar-refractivity contribution in [3.8, 4) is 12.1 Å². The Balaban J connectivity index is 4.77. The molecule has 0 unspecified atom stereocenters. The van der Waals surface area contributed by atoms with Crippen LogP contribution in [-0.4, -0.2) is 8.41 Å². The van der Waals surface area contributed by atoms with Gasteiger partial charge in [0.15, 0.2) is 5.04 Å². The second-order valence-electron chi connectivity index (χ2n) is 3.70. The van der Waals surface area contributed by atoms with Crippen LogP contribution in [0.3, 0.4) is 0 Å². The highest BCUT2D eigenvalue weighted by Crippen LogP contribution is 2.42. The van der Waals surface area contributed by atoms with Gasteiger partial charge in [-0.1, -0.05) is 19.8 Å². The number of unbranched alkanes of at least 4 members (excludes halogenated alkanes) is 1. The van der Waals surface area contributed by atoms with Crippen LogP contribution in [0.2, 0.25) is 18.1 Å². The predicted octanol–water partition coefficient (Wildman–Crippen LogP) is 3.14. The zero-order chi connectivity index (χ0) is 10.5. The summed E-state index contributed by atoms with van der Waals surface area (Å²) in [5.74, 6) is 0. The van der Waals surface area contributed by atoms with Gasteiger partial charge in [0.2, 0.25) is 0 Å². The highest BCUT2D eigenvalue weighted by atomic mass is 28.4. The van der Waals surface area contributed by atoms with Gasteiger partial charge in [0.1, 0.15) is 0 Å². The molecule has 0 spiro atoms. The molecule has 2 nitrogen and oxygen atoms in total. The van der Waals surface area contributed by atoms with Crippen LogP contribution in [0, 0.1) is 22.7 Å². The Morgan fingerprint density at radius 3 is 2.00 bits per heavy atom. The molecule has 0 saturated heterocycles. The molecule has 0 aliphatic carbocycles. The molecule has 13 heavy (non-hydrogen) atoms. The number of hydrogen-bond donors (Lipinski definition) is 0. The molecule has 4 heteroatoms. The highest BCUT2D eigenvalue weighted by molar-refractivity contribution is 6.75. The van der Waals surface area contributed by atoms with Crippen LogP contribution in [0.15, 0.2) is 0 Å². The molecular weight excluding hydrogens is 183 g/mol. The number of nitrogens with zero attached hydrogens (tertiary/aromatic N) is 2. The van der Waals surface area contributed by atoms with Gasteiger partial charge in [0, 0.05) is 0 Å². The lowest BCUT2D eigenvalue weighted by Gasteiger charge is -2.26. The Kier molecular flexibility index (Phi) is 4.09. The van der Waals surface area contributed by atoms with E-state index in [2.05, 4.69) is 0 Å². The van der Waals surface area contributed by atoms with E-state index in [-0.39, 0.29) is 0 Å². The normalized spacial score (nSPS) is 11.8. The van der Waals surface area contributed by atoms with Gasteiger partial charge < -0.3 is 4.11 Å². The van der Waals surface area contributed by atoms with Crippen molar-refractivity contribution in [3.63, 3.8) is 0 Å². The molecule has 0 aromatic rings. The lowest BCUT2D eigenvalue weighted by Crippen LogP contribution is -2.36. The van der Waals surface area contributed by atoms with Gasteiger partial charge in [-0.15, -0.1) is 0 Å². The fourth-order valence-corrected chi connectivity index (χ4v) is 2.44. The van der Waals surface area contributed by atoms with Crippen molar-refractivity contribution < 1.29 is 4.11 Å². The molecule has 0 amide bonds. The first-order chi connectivity index (χ1) is 5.93. The molecule has 0 atom stereocenters. The van der Waals surface area contributed by atoms with Crippen LogP contribution < -0.4 is 0 Å². The fraction of sp³-hybridized carbons (Fsp3) is 0.778. The van der Waals surface area contributed by atoms with E-state index in [1.807, 2.05) is 19.1 Å². The standard InChI is InChI=1S/C9H15FN2Si/c1-4-5-6-9(7-11,8-12)13(2,3)10/h4-6H2,1-3H3. The first-order valence-corrected chi connectivity index (χ1v) is 7.32. The highest BCUT2D eigenvalue weighted by Gasteiger charge is 2.49. The molecule has 0 fully saturated rings. The van der Waals surface area contributed by atoms with Crippen molar-refractivity contribution in [2.45, 2.75) is 44.3 Å². The zero-order valence-electron chi connectivity index (χ0n) is 8.39. The molecule has 0 saturated carbocycles.